The number of aryl methyl sites for hydroxylation is 1. The van der Waals surface area contributed by atoms with Crippen LogP contribution in [0.3, 0.4) is 0 Å². The highest BCUT2D eigenvalue weighted by Crippen LogP contribution is 2.22. The van der Waals surface area contributed by atoms with E-state index in [4.69, 9.17) is 0 Å². The van der Waals surface area contributed by atoms with Gasteiger partial charge in [0.05, 0.1) is 11.1 Å². The second-order valence-corrected chi connectivity index (χ2v) is 6.88. The molecule has 5 nitrogen and oxygen atoms in total. The summed E-state index contributed by atoms with van der Waals surface area (Å²) in [5.41, 5.74) is 1.49. The van der Waals surface area contributed by atoms with Gasteiger partial charge in [0.1, 0.15) is 0 Å². The van der Waals surface area contributed by atoms with E-state index >= 15 is 0 Å². The molecule has 1 heterocycles. The third-order valence-electron chi connectivity index (χ3n) is 2.79. The van der Waals surface area contributed by atoms with Crippen molar-refractivity contribution in [2.75, 3.05) is 0 Å². The summed E-state index contributed by atoms with van der Waals surface area (Å²) in [6.45, 7) is 3.54. The molecule has 1 aromatic heterocycles. The first-order chi connectivity index (χ1) is 8.90. The minimum atomic E-state index is -3.56. The fraction of sp³-hybridized carbons (Fsp3) is 0.250. The Kier molecular flexibility index (Phi) is 4.07. The molecule has 0 bridgehead atoms. The van der Waals surface area contributed by atoms with Crippen molar-refractivity contribution in [1.82, 2.24) is 14.9 Å². The number of sulfonamides is 1. The molecule has 1 aromatic carbocycles. The Hall–Kier alpha value is -1.18. The van der Waals surface area contributed by atoms with Gasteiger partial charge in [0.25, 0.3) is 0 Å². The van der Waals surface area contributed by atoms with Gasteiger partial charge >= 0.3 is 0 Å². The maximum atomic E-state index is 12.3. The van der Waals surface area contributed by atoms with Gasteiger partial charge in [-0.1, -0.05) is 22.0 Å². The maximum Gasteiger partial charge on any atom is 0.241 e. The van der Waals surface area contributed by atoms with Gasteiger partial charge < -0.3 is 0 Å². The summed E-state index contributed by atoms with van der Waals surface area (Å²) in [6, 6.07) is 4.83. The molecule has 0 aliphatic rings. The summed E-state index contributed by atoms with van der Waals surface area (Å²) in [5, 5.41) is 6.47. The molecule has 0 fully saturated rings. The van der Waals surface area contributed by atoms with Crippen LogP contribution in [0.1, 0.15) is 24.1 Å². The van der Waals surface area contributed by atoms with Gasteiger partial charge in [-0.25, -0.2) is 13.1 Å². The zero-order valence-corrected chi connectivity index (χ0v) is 12.9. The van der Waals surface area contributed by atoms with E-state index in [0.29, 0.717) is 5.56 Å². The first kappa shape index (κ1) is 14.2. The highest BCUT2D eigenvalue weighted by molar-refractivity contribution is 9.10. The standard InChI is InChI=1S/C12H14BrN3O2S/c1-8-3-4-11(13)5-12(8)19(17,18)16-9(2)10-6-14-15-7-10/h3-7,9,16H,1-2H3,(H,14,15). The van der Waals surface area contributed by atoms with Crippen molar-refractivity contribution in [3.8, 4) is 0 Å². The van der Waals surface area contributed by atoms with Crippen LogP contribution in [0, 0.1) is 6.92 Å². The van der Waals surface area contributed by atoms with Crippen LogP contribution in [0.2, 0.25) is 0 Å². The van der Waals surface area contributed by atoms with Crippen LogP contribution in [-0.2, 0) is 10.0 Å². The average Bonchev–Trinajstić information content (AvgIpc) is 2.85. The molecule has 102 valence electrons. The summed E-state index contributed by atoms with van der Waals surface area (Å²) >= 11 is 3.29. The summed E-state index contributed by atoms with van der Waals surface area (Å²) in [7, 11) is -3.56. The molecule has 0 spiro atoms. The van der Waals surface area contributed by atoms with Crippen molar-refractivity contribution in [2.45, 2.75) is 24.8 Å². The minimum Gasteiger partial charge on any atom is -0.285 e. The van der Waals surface area contributed by atoms with Crippen LogP contribution < -0.4 is 4.72 Å². The Morgan fingerprint density at radius 1 is 1.42 bits per heavy atom. The van der Waals surface area contributed by atoms with Gasteiger partial charge in [0.15, 0.2) is 0 Å². The Bertz CT molecular complexity index is 668. The molecule has 0 aliphatic carbocycles. The van der Waals surface area contributed by atoms with Gasteiger partial charge in [-0.15, -0.1) is 0 Å². The maximum absolute atomic E-state index is 12.3. The molecule has 1 atom stereocenters. The zero-order valence-electron chi connectivity index (χ0n) is 10.5. The van der Waals surface area contributed by atoms with Crippen LogP contribution in [0.5, 0.6) is 0 Å². The third-order valence-corrected chi connectivity index (χ3v) is 4.97. The highest BCUT2D eigenvalue weighted by Gasteiger charge is 2.20. The quantitative estimate of drug-likeness (QED) is 0.895. The number of aromatic nitrogens is 2. The van der Waals surface area contributed by atoms with E-state index in [1.165, 1.54) is 0 Å². The van der Waals surface area contributed by atoms with Crippen molar-refractivity contribution in [1.29, 1.82) is 0 Å². The zero-order chi connectivity index (χ0) is 14.0. The number of hydrogen-bond donors (Lipinski definition) is 2. The predicted molar refractivity (Wildman–Crippen MR) is 76.2 cm³/mol. The van der Waals surface area contributed by atoms with Gasteiger partial charge in [-0.3, -0.25) is 5.10 Å². The molecule has 0 amide bonds. The third kappa shape index (κ3) is 3.23. The highest BCUT2D eigenvalue weighted by atomic mass is 79.9. The molecule has 0 radical (unpaired) electrons. The van der Waals surface area contributed by atoms with Crippen molar-refractivity contribution in [3.63, 3.8) is 0 Å². The molecule has 2 N–H and O–H groups in total. The first-order valence-corrected chi connectivity index (χ1v) is 7.95. The SMILES string of the molecule is Cc1ccc(Br)cc1S(=O)(=O)NC(C)c1cn[nH]c1. The van der Waals surface area contributed by atoms with Crippen molar-refractivity contribution < 1.29 is 8.42 Å². The van der Waals surface area contributed by atoms with Gasteiger partial charge in [0.2, 0.25) is 10.0 Å². The van der Waals surface area contributed by atoms with Crippen molar-refractivity contribution in [2.24, 2.45) is 0 Å². The smallest absolute Gasteiger partial charge is 0.241 e. The lowest BCUT2D eigenvalue weighted by molar-refractivity contribution is 0.566. The summed E-state index contributed by atoms with van der Waals surface area (Å²) in [5.74, 6) is 0. The number of rotatable bonds is 4. The Morgan fingerprint density at radius 3 is 2.79 bits per heavy atom. The molecular weight excluding hydrogens is 330 g/mol. The van der Waals surface area contributed by atoms with Crippen LogP contribution in [0.4, 0.5) is 0 Å². The van der Waals surface area contributed by atoms with E-state index in [2.05, 4.69) is 30.8 Å². The topological polar surface area (TPSA) is 74.8 Å². The Labute approximate surface area is 120 Å². The first-order valence-electron chi connectivity index (χ1n) is 5.67. The number of benzene rings is 1. The molecule has 2 rings (SSSR count). The second kappa shape index (κ2) is 5.44. The largest absolute Gasteiger partial charge is 0.285 e. The van der Waals surface area contributed by atoms with Crippen LogP contribution in [0.15, 0.2) is 40.0 Å². The minimum absolute atomic E-state index is 0.275. The molecule has 0 saturated carbocycles. The monoisotopic (exact) mass is 343 g/mol. The van der Waals surface area contributed by atoms with E-state index in [9.17, 15) is 8.42 Å². The van der Waals surface area contributed by atoms with Gasteiger partial charge in [-0.2, -0.15) is 5.10 Å². The number of nitrogens with one attached hydrogen (secondary N) is 2. The molecule has 7 heteroatoms. The van der Waals surface area contributed by atoms with E-state index in [-0.39, 0.29) is 10.9 Å². The normalized spacial score (nSPS) is 13.4. The molecule has 0 saturated heterocycles. The number of nitrogens with zero attached hydrogens (tertiary/aromatic N) is 1. The van der Waals surface area contributed by atoms with E-state index in [0.717, 1.165) is 10.0 Å². The second-order valence-electron chi connectivity index (χ2n) is 4.28. The predicted octanol–water partition coefficient (Wildman–Crippen LogP) is 2.52. The lowest BCUT2D eigenvalue weighted by Gasteiger charge is -2.14. The summed E-state index contributed by atoms with van der Waals surface area (Å²) < 4.78 is 28.1. The fourth-order valence-corrected chi connectivity index (χ4v) is 3.74. The summed E-state index contributed by atoms with van der Waals surface area (Å²) in [4.78, 5) is 0.275. The number of hydrogen-bond acceptors (Lipinski definition) is 3. The summed E-state index contributed by atoms with van der Waals surface area (Å²) in [6.07, 6.45) is 3.27. The van der Waals surface area contributed by atoms with E-state index < -0.39 is 10.0 Å². The molecule has 0 aliphatic heterocycles. The van der Waals surface area contributed by atoms with Gasteiger partial charge in [0, 0.05) is 22.3 Å². The Balaban J connectivity index is 2.30. The number of halogens is 1. The van der Waals surface area contributed by atoms with E-state index in [1.807, 2.05) is 6.07 Å². The number of aromatic amines is 1. The Morgan fingerprint density at radius 2 is 2.16 bits per heavy atom. The van der Waals surface area contributed by atoms with Crippen molar-refractivity contribution in [3.05, 3.63) is 46.2 Å². The van der Waals surface area contributed by atoms with Crippen molar-refractivity contribution >= 4 is 26.0 Å². The fourth-order valence-electron chi connectivity index (χ4n) is 1.73. The molecule has 1 unspecified atom stereocenters. The van der Waals surface area contributed by atoms with Crippen LogP contribution in [-0.4, -0.2) is 18.6 Å². The molecule has 2 aromatic rings. The number of H-pyrrole nitrogens is 1. The van der Waals surface area contributed by atoms with E-state index in [1.54, 1.807) is 38.4 Å². The van der Waals surface area contributed by atoms with Crippen LogP contribution in [0.25, 0.3) is 0 Å². The lowest BCUT2D eigenvalue weighted by Crippen LogP contribution is -2.27. The molecule has 19 heavy (non-hydrogen) atoms. The molecular formula is C12H14BrN3O2S. The van der Waals surface area contributed by atoms with Gasteiger partial charge in [-0.05, 0) is 31.5 Å². The average molecular weight is 344 g/mol. The van der Waals surface area contributed by atoms with Crippen LogP contribution >= 0.6 is 15.9 Å². The lowest BCUT2D eigenvalue weighted by atomic mass is 10.2.